The van der Waals surface area contributed by atoms with Crippen LogP contribution in [0.5, 0.6) is 0 Å². The number of aromatic nitrogens is 3. The van der Waals surface area contributed by atoms with Gasteiger partial charge in [-0.2, -0.15) is 0 Å². The number of rotatable bonds is 4. The average Bonchev–Trinajstić information content (AvgIpc) is 3.84. The lowest BCUT2D eigenvalue weighted by Gasteiger charge is -2.40. The zero-order chi connectivity index (χ0) is 34.4. The third kappa shape index (κ3) is 4.27. The monoisotopic (exact) mass is 684 g/mol. The third-order valence-electron chi connectivity index (χ3n) is 10.6. The molecule has 2 unspecified atom stereocenters. The molecule has 1 aliphatic carbocycles. The van der Waals surface area contributed by atoms with Gasteiger partial charge in [-0.15, -0.1) is 11.3 Å². The van der Waals surface area contributed by atoms with Crippen LogP contribution in [0.4, 0.5) is 11.4 Å². The summed E-state index contributed by atoms with van der Waals surface area (Å²) in [4.78, 5) is 18.2. The molecule has 0 amide bonds. The fourth-order valence-electron chi connectivity index (χ4n) is 8.26. The van der Waals surface area contributed by atoms with Gasteiger partial charge in [-0.25, -0.2) is 15.0 Å². The molecule has 1 aliphatic heterocycles. The summed E-state index contributed by atoms with van der Waals surface area (Å²) in [7, 11) is 0. The maximum Gasteiger partial charge on any atom is 0.164 e. The molecule has 0 spiro atoms. The van der Waals surface area contributed by atoms with Crippen LogP contribution in [0.15, 0.2) is 150 Å². The number of allylic oxidation sites excluding steroid dienone is 2. The lowest BCUT2D eigenvalue weighted by Crippen LogP contribution is -2.42. The minimum absolute atomic E-state index is 0.156. The Balaban J connectivity index is 1.13. The molecule has 11 rings (SSSR count). The van der Waals surface area contributed by atoms with Gasteiger partial charge in [-0.1, -0.05) is 97.1 Å². The molecule has 244 valence electrons. The van der Waals surface area contributed by atoms with Gasteiger partial charge in [0, 0.05) is 59.6 Å². The van der Waals surface area contributed by atoms with Crippen molar-refractivity contribution in [3.63, 3.8) is 0 Å². The number of thiophene rings is 1. The van der Waals surface area contributed by atoms with Gasteiger partial charge in [-0.05, 0) is 73.2 Å². The van der Waals surface area contributed by atoms with E-state index in [0.717, 1.165) is 49.7 Å². The summed E-state index contributed by atoms with van der Waals surface area (Å²) in [6.45, 7) is 2.32. The predicted octanol–water partition coefficient (Wildman–Crippen LogP) is 11.7. The Labute approximate surface area is 303 Å². The van der Waals surface area contributed by atoms with Gasteiger partial charge in [-0.3, -0.25) is 0 Å². The van der Waals surface area contributed by atoms with E-state index in [-0.39, 0.29) is 5.92 Å². The molecule has 5 nitrogen and oxygen atoms in total. The number of benzene rings is 5. The lowest BCUT2D eigenvalue weighted by molar-refractivity contribution is 0.544. The van der Waals surface area contributed by atoms with E-state index in [9.17, 15) is 0 Å². The van der Waals surface area contributed by atoms with Crippen LogP contribution in [0.1, 0.15) is 24.2 Å². The van der Waals surface area contributed by atoms with Gasteiger partial charge in [0.25, 0.3) is 0 Å². The molecule has 0 saturated heterocycles. The van der Waals surface area contributed by atoms with Crippen molar-refractivity contribution in [3.8, 4) is 22.8 Å². The first kappa shape index (κ1) is 29.2. The first-order chi connectivity index (χ1) is 25.6. The quantitative estimate of drug-likeness (QED) is 0.185. The van der Waals surface area contributed by atoms with E-state index >= 15 is 0 Å². The molecule has 0 radical (unpaired) electrons. The van der Waals surface area contributed by atoms with Gasteiger partial charge in [0.1, 0.15) is 11.2 Å². The smallest absolute Gasteiger partial charge is 0.164 e. The minimum Gasteiger partial charge on any atom is -0.455 e. The largest absolute Gasteiger partial charge is 0.455 e. The minimum atomic E-state index is -0.396. The molecule has 0 saturated carbocycles. The van der Waals surface area contributed by atoms with Crippen molar-refractivity contribution in [2.45, 2.75) is 18.4 Å². The SMILES string of the molecule is CC12C=C(c3nc(-c4ccc5c(c4)oc4ccc#cc45)nc(-c4cccc5sc6ccccc6c45)n3)C=CC1c1ccccc1N2c1ccccc1. The highest BCUT2D eigenvalue weighted by molar-refractivity contribution is 7.25. The van der Waals surface area contributed by atoms with Crippen LogP contribution in [0.25, 0.3) is 70.5 Å². The van der Waals surface area contributed by atoms with Crippen LogP contribution >= 0.6 is 11.3 Å². The summed E-state index contributed by atoms with van der Waals surface area (Å²) in [6.07, 6.45) is 6.86. The van der Waals surface area contributed by atoms with Crippen LogP contribution < -0.4 is 4.90 Å². The Kier molecular flexibility index (Phi) is 6.16. The molecule has 6 aromatic carbocycles. The topological polar surface area (TPSA) is 55.1 Å². The van der Waals surface area contributed by atoms with E-state index in [1.807, 2.05) is 18.2 Å². The van der Waals surface area contributed by atoms with Crippen molar-refractivity contribution < 1.29 is 4.42 Å². The summed E-state index contributed by atoms with van der Waals surface area (Å²) in [5.41, 5.74) is 7.60. The number of para-hydroxylation sites is 2. The van der Waals surface area contributed by atoms with E-state index in [2.05, 4.69) is 151 Å². The molecule has 9 aromatic rings. The van der Waals surface area contributed by atoms with Crippen molar-refractivity contribution in [1.82, 2.24) is 15.0 Å². The van der Waals surface area contributed by atoms with Crippen molar-refractivity contribution in [3.05, 3.63) is 169 Å². The molecular formula is C46H28N4OS. The van der Waals surface area contributed by atoms with Crippen LogP contribution in [-0.2, 0) is 0 Å². The maximum absolute atomic E-state index is 6.27. The second kappa shape index (κ2) is 11.0. The van der Waals surface area contributed by atoms with E-state index in [1.165, 1.54) is 26.0 Å². The van der Waals surface area contributed by atoms with Gasteiger partial charge in [0.05, 0.1) is 10.9 Å². The number of furan rings is 1. The molecule has 3 aromatic heterocycles. The van der Waals surface area contributed by atoms with Gasteiger partial charge >= 0.3 is 0 Å². The summed E-state index contributed by atoms with van der Waals surface area (Å²) in [6, 6.07) is 50.5. The normalized spacial score (nSPS) is 17.8. The molecule has 0 N–H and O–H groups in total. The molecule has 6 heteroatoms. The van der Waals surface area contributed by atoms with Gasteiger partial charge in [0.2, 0.25) is 0 Å². The highest BCUT2D eigenvalue weighted by Gasteiger charge is 2.48. The highest BCUT2D eigenvalue weighted by Crippen LogP contribution is 2.55. The summed E-state index contributed by atoms with van der Waals surface area (Å²) in [5.74, 6) is 2.01. The molecule has 2 aliphatic rings. The van der Waals surface area contributed by atoms with E-state index in [0.29, 0.717) is 17.5 Å². The second-order valence-corrected chi connectivity index (χ2v) is 14.7. The molecule has 0 fully saturated rings. The number of fused-ring (bicyclic) bond motifs is 9. The van der Waals surface area contributed by atoms with E-state index < -0.39 is 5.54 Å². The fourth-order valence-corrected chi connectivity index (χ4v) is 9.40. The average molecular weight is 685 g/mol. The second-order valence-electron chi connectivity index (χ2n) is 13.6. The standard InChI is InChI=1S/C46H28N4OS/c1-46-27-29(23-25-36(46)33-15-5-8-18-37(33)50(46)30-12-3-2-4-13-30)44-47-43(28-22-24-32-31-14-6-9-19-38(31)51-39(32)26-28)48-45(49-44)35-17-11-21-41-42(35)34-16-7-10-20-40(34)52-41/h2-5,7-13,15-27,36H,1H3. The number of hydrogen-bond donors (Lipinski definition) is 0. The van der Waals surface area contributed by atoms with Crippen molar-refractivity contribution in [1.29, 1.82) is 0 Å². The number of anilines is 2. The Bertz CT molecular complexity index is 2960. The van der Waals surface area contributed by atoms with Crippen LogP contribution in [0.3, 0.4) is 0 Å². The number of hydrogen-bond acceptors (Lipinski definition) is 6. The van der Waals surface area contributed by atoms with Gasteiger partial charge < -0.3 is 9.32 Å². The summed E-state index contributed by atoms with van der Waals surface area (Å²) in [5, 5.41) is 4.26. The summed E-state index contributed by atoms with van der Waals surface area (Å²) >= 11 is 1.79. The van der Waals surface area contributed by atoms with Crippen molar-refractivity contribution in [2.24, 2.45) is 0 Å². The predicted molar refractivity (Wildman–Crippen MR) is 212 cm³/mol. The van der Waals surface area contributed by atoms with Crippen LogP contribution in [0.2, 0.25) is 0 Å². The van der Waals surface area contributed by atoms with Crippen LogP contribution in [-0.4, -0.2) is 20.5 Å². The zero-order valence-electron chi connectivity index (χ0n) is 28.0. The first-order valence-corrected chi connectivity index (χ1v) is 18.2. The van der Waals surface area contributed by atoms with Gasteiger partial charge in [0.15, 0.2) is 17.5 Å². The zero-order valence-corrected chi connectivity index (χ0v) is 28.9. The van der Waals surface area contributed by atoms with Crippen molar-refractivity contribution >= 4 is 70.4 Å². The Morgan fingerprint density at radius 2 is 1.54 bits per heavy atom. The molecule has 4 heterocycles. The first-order valence-electron chi connectivity index (χ1n) is 17.4. The Morgan fingerprint density at radius 1 is 0.731 bits per heavy atom. The Hall–Kier alpha value is -6.55. The lowest BCUT2D eigenvalue weighted by atomic mass is 9.78. The van der Waals surface area contributed by atoms with Crippen molar-refractivity contribution in [2.75, 3.05) is 4.90 Å². The molecular weight excluding hydrogens is 657 g/mol. The van der Waals surface area contributed by atoms with E-state index in [4.69, 9.17) is 19.4 Å². The molecule has 52 heavy (non-hydrogen) atoms. The maximum atomic E-state index is 6.27. The highest BCUT2D eigenvalue weighted by atomic mass is 32.1. The fraction of sp³-hybridized carbons (Fsp3) is 0.0652. The summed E-state index contributed by atoms with van der Waals surface area (Å²) < 4.78 is 8.71. The van der Waals surface area contributed by atoms with Crippen LogP contribution in [0, 0.1) is 12.1 Å². The third-order valence-corrected chi connectivity index (χ3v) is 11.7. The number of nitrogens with zero attached hydrogens (tertiary/aromatic N) is 4. The van der Waals surface area contributed by atoms with E-state index in [1.54, 1.807) is 11.3 Å². The molecule has 0 bridgehead atoms. The Morgan fingerprint density at radius 3 is 2.48 bits per heavy atom. The molecule has 2 atom stereocenters.